The second-order valence-corrected chi connectivity index (χ2v) is 1.55. The summed E-state index contributed by atoms with van der Waals surface area (Å²) in [6.07, 6.45) is 4.76. The van der Waals surface area contributed by atoms with Gasteiger partial charge in [0.25, 0.3) is 0 Å². The van der Waals surface area contributed by atoms with E-state index in [1.54, 1.807) is 11.8 Å². The van der Waals surface area contributed by atoms with Crippen molar-refractivity contribution in [1.29, 1.82) is 0 Å². The summed E-state index contributed by atoms with van der Waals surface area (Å²) in [7, 11) is 0. The van der Waals surface area contributed by atoms with E-state index in [-0.39, 0.29) is 0 Å². The molecule has 0 aliphatic rings. The Morgan fingerprint density at radius 1 is 2.00 bits per heavy atom. The summed E-state index contributed by atoms with van der Waals surface area (Å²) in [6.45, 7) is 3.40. The van der Waals surface area contributed by atoms with E-state index in [1.807, 2.05) is 6.26 Å². The average Bonchev–Trinajstić information content (AvgIpc) is 1.41. The minimum absolute atomic E-state index is 0.944. The van der Waals surface area contributed by atoms with E-state index in [0.29, 0.717) is 0 Å². The highest BCUT2D eigenvalue weighted by molar-refractivity contribution is 7.98. The Hall–Kier alpha value is 0.0900. The molecule has 0 saturated carbocycles. The number of rotatable bonds is 2. The monoisotopic (exact) mass is 87.0 g/mol. The van der Waals surface area contributed by atoms with Gasteiger partial charge in [0, 0.05) is 5.75 Å². The fourth-order valence-electron chi connectivity index (χ4n) is 0.102. The molecule has 0 unspecified atom stereocenters. The zero-order valence-electron chi connectivity index (χ0n) is 3.32. The molecule has 1 radical (unpaired) electrons. The van der Waals surface area contributed by atoms with E-state index in [4.69, 9.17) is 0 Å². The molecule has 0 fully saturated rings. The van der Waals surface area contributed by atoms with Gasteiger partial charge in [0.05, 0.1) is 0 Å². The summed E-state index contributed by atoms with van der Waals surface area (Å²) in [5.41, 5.74) is 0. The summed E-state index contributed by atoms with van der Waals surface area (Å²) < 4.78 is 0. The summed E-state index contributed by atoms with van der Waals surface area (Å²) in [5, 5.41) is 0. The van der Waals surface area contributed by atoms with Gasteiger partial charge in [-0.05, 0) is 12.3 Å². The zero-order chi connectivity index (χ0) is 4.12. The molecule has 1 heteroatoms. The first-order chi connectivity index (χ1) is 2.41. The van der Waals surface area contributed by atoms with Crippen LogP contribution in [0.5, 0.6) is 0 Å². The van der Waals surface area contributed by atoms with Crippen molar-refractivity contribution in [2.45, 2.75) is 0 Å². The molecule has 0 aromatic carbocycles. The third-order valence-corrected chi connectivity index (χ3v) is 0.739. The molecule has 0 heterocycles. The second-order valence-electron chi connectivity index (χ2n) is 0.683. The van der Waals surface area contributed by atoms with Gasteiger partial charge in [-0.1, -0.05) is 6.58 Å². The molecule has 29 valence electrons. The largest absolute Gasteiger partial charge is 0.161 e. The van der Waals surface area contributed by atoms with Crippen molar-refractivity contribution >= 4 is 11.8 Å². The van der Waals surface area contributed by atoms with Gasteiger partial charge in [-0.3, -0.25) is 0 Å². The van der Waals surface area contributed by atoms with Crippen LogP contribution in [-0.4, -0.2) is 12.0 Å². The molecule has 0 aliphatic carbocycles. The van der Waals surface area contributed by atoms with Gasteiger partial charge >= 0.3 is 0 Å². The minimum atomic E-state index is 0.944. The highest BCUT2D eigenvalue weighted by Gasteiger charge is 1.61. The zero-order valence-corrected chi connectivity index (χ0v) is 4.14. The molecule has 0 spiro atoms. The Kier molecular flexibility index (Phi) is 4.16. The molecule has 0 bridgehead atoms. The molecular weight excluding hydrogens is 80.1 g/mol. The Morgan fingerprint density at radius 2 is 2.60 bits per heavy atom. The van der Waals surface area contributed by atoms with Crippen LogP contribution in [-0.2, 0) is 0 Å². The van der Waals surface area contributed by atoms with E-state index in [0.717, 1.165) is 5.75 Å². The van der Waals surface area contributed by atoms with Gasteiger partial charge in [-0.25, -0.2) is 0 Å². The summed E-state index contributed by atoms with van der Waals surface area (Å²) in [4.78, 5) is 0. The van der Waals surface area contributed by atoms with Crippen molar-refractivity contribution in [3.05, 3.63) is 12.7 Å². The lowest BCUT2D eigenvalue weighted by Gasteiger charge is -1.73. The van der Waals surface area contributed by atoms with Crippen LogP contribution in [0.25, 0.3) is 0 Å². The fourth-order valence-corrected chi connectivity index (χ4v) is 0.306. The summed E-state index contributed by atoms with van der Waals surface area (Å²) in [6, 6.07) is 0. The van der Waals surface area contributed by atoms with Crippen LogP contribution in [0.2, 0.25) is 0 Å². The van der Waals surface area contributed by atoms with E-state index in [2.05, 4.69) is 12.7 Å². The Bertz CT molecular complexity index is 24.8. The molecule has 5 heavy (non-hydrogen) atoms. The predicted molar refractivity (Wildman–Crippen MR) is 27.3 cm³/mol. The van der Waals surface area contributed by atoms with Crippen molar-refractivity contribution in [2.24, 2.45) is 0 Å². The molecule has 0 aliphatic heterocycles. The SMILES string of the molecule is C=[C]CSC. The maximum absolute atomic E-state index is 3.40. The first-order valence-corrected chi connectivity index (χ1v) is 2.80. The molecule has 0 N–H and O–H groups in total. The molecule has 0 amide bonds. The van der Waals surface area contributed by atoms with Crippen LogP contribution in [0.4, 0.5) is 0 Å². The Morgan fingerprint density at radius 3 is 2.60 bits per heavy atom. The molecule has 0 atom stereocenters. The number of hydrogen-bond acceptors (Lipinski definition) is 1. The molecule has 0 rings (SSSR count). The fraction of sp³-hybridized carbons (Fsp3) is 0.500. The van der Waals surface area contributed by atoms with Crippen LogP contribution in [0.15, 0.2) is 6.58 Å². The minimum Gasteiger partial charge on any atom is -0.161 e. The summed E-state index contributed by atoms with van der Waals surface area (Å²) >= 11 is 1.73. The predicted octanol–water partition coefficient (Wildman–Crippen LogP) is 1.34. The van der Waals surface area contributed by atoms with Crippen LogP contribution < -0.4 is 0 Å². The van der Waals surface area contributed by atoms with Crippen LogP contribution >= 0.6 is 11.8 Å². The van der Waals surface area contributed by atoms with Gasteiger partial charge in [0.15, 0.2) is 0 Å². The standard InChI is InChI=1S/C4H7S/c1-3-4-5-2/h1,4H2,2H3. The Labute approximate surface area is 37.3 Å². The molecule has 0 saturated heterocycles. The third kappa shape index (κ3) is 4.09. The van der Waals surface area contributed by atoms with Crippen molar-refractivity contribution < 1.29 is 0 Å². The highest BCUT2D eigenvalue weighted by Crippen LogP contribution is 1.86. The number of thioether (sulfide) groups is 1. The van der Waals surface area contributed by atoms with Crippen molar-refractivity contribution in [3.63, 3.8) is 0 Å². The van der Waals surface area contributed by atoms with Crippen molar-refractivity contribution in [2.75, 3.05) is 12.0 Å². The second kappa shape index (κ2) is 4.09. The molecular formula is C4H7S. The summed E-state index contributed by atoms with van der Waals surface area (Å²) in [5.74, 6) is 0.944. The molecule has 0 nitrogen and oxygen atoms in total. The smallest absolute Gasteiger partial charge is 0.0178 e. The topological polar surface area (TPSA) is 0 Å². The van der Waals surface area contributed by atoms with Gasteiger partial charge < -0.3 is 0 Å². The lowest BCUT2D eigenvalue weighted by molar-refractivity contribution is 1.73. The van der Waals surface area contributed by atoms with Gasteiger partial charge in [-0.2, -0.15) is 11.8 Å². The van der Waals surface area contributed by atoms with E-state index >= 15 is 0 Å². The van der Waals surface area contributed by atoms with E-state index in [9.17, 15) is 0 Å². The molecule has 0 aromatic rings. The van der Waals surface area contributed by atoms with Gasteiger partial charge in [-0.15, -0.1) is 0 Å². The number of hydrogen-bond donors (Lipinski definition) is 0. The highest BCUT2D eigenvalue weighted by atomic mass is 32.2. The Balaban J connectivity index is 2.40. The van der Waals surface area contributed by atoms with E-state index in [1.165, 1.54) is 0 Å². The maximum Gasteiger partial charge on any atom is 0.0178 e. The average molecular weight is 87.2 g/mol. The molecule has 0 aromatic heterocycles. The van der Waals surface area contributed by atoms with Crippen molar-refractivity contribution in [1.82, 2.24) is 0 Å². The van der Waals surface area contributed by atoms with Crippen LogP contribution in [0.1, 0.15) is 0 Å². The van der Waals surface area contributed by atoms with Crippen LogP contribution in [0.3, 0.4) is 0 Å². The van der Waals surface area contributed by atoms with Crippen LogP contribution in [0, 0.1) is 6.08 Å². The first-order valence-electron chi connectivity index (χ1n) is 1.40. The lowest BCUT2D eigenvalue weighted by Crippen LogP contribution is -1.59. The van der Waals surface area contributed by atoms with Gasteiger partial charge in [0.1, 0.15) is 0 Å². The maximum atomic E-state index is 3.40. The third-order valence-electron chi connectivity index (χ3n) is 0.246. The van der Waals surface area contributed by atoms with Gasteiger partial charge in [0.2, 0.25) is 0 Å². The normalized spacial score (nSPS) is 7.40. The quantitative estimate of drug-likeness (QED) is 0.489. The lowest BCUT2D eigenvalue weighted by atomic mass is 10.8. The van der Waals surface area contributed by atoms with Crippen molar-refractivity contribution in [3.8, 4) is 0 Å². The van der Waals surface area contributed by atoms with E-state index < -0.39 is 0 Å². The first kappa shape index (κ1) is 5.09.